The standard InChI is InChI=1S/C31H36FN5O2/c32-27-13-23(20-1-3-21(4-2-20)24-14-33-37(18-24)25-8-9-25)7-10-26(27)28-34-31(11-12-31)30(39)36(28)17-19-15-35(16-19)29(38)22-5-6-22/h1,3-4,13-14,18-20,22-23,25-26H,2,5-12,15-17H2. The number of aromatic nitrogens is 2. The molecule has 5 aliphatic carbocycles. The first-order chi connectivity index (χ1) is 19.0. The number of aliphatic imine (C=N–C) groups is 1. The number of amidine groups is 1. The minimum Gasteiger partial charge on any atom is -0.342 e. The second-order valence-electron chi connectivity index (χ2n) is 13.0. The predicted molar refractivity (Wildman–Crippen MR) is 145 cm³/mol. The summed E-state index contributed by atoms with van der Waals surface area (Å²) in [5, 5.41) is 4.52. The van der Waals surface area contributed by atoms with Crippen LogP contribution in [-0.2, 0) is 9.59 Å². The van der Waals surface area contributed by atoms with E-state index < -0.39 is 11.5 Å². The van der Waals surface area contributed by atoms with Crippen LogP contribution in [0.3, 0.4) is 0 Å². The molecule has 1 aromatic heterocycles. The van der Waals surface area contributed by atoms with E-state index in [4.69, 9.17) is 4.99 Å². The van der Waals surface area contributed by atoms with Crippen molar-refractivity contribution in [3.63, 3.8) is 0 Å². The van der Waals surface area contributed by atoms with Crippen molar-refractivity contribution in [1.29, 1.82) is 0 Å². The fraction of sp³-hybridized carbons (Fsp3) is 0.613. The summed E-state index contributed by atoms with van der Waals surface area (Å²) in [6.07, 6.45) is 21.1. The summed E-state index contributed by atoms with van der Waals surface area (Å²) < 4.78 is 17.8. The summed E-state index contributed by atoms with van der Waals surface area (Å²) in [6.45, 7) is 1.96. The molecule has 3 heterocycles. The number of allylic oxidation sites excluding steroid dienone is 5. The summed E-state index contributed by atoms with van der Waals surface area (Å²) in [7, 11) is 0. The van der Waals surface area contributed by atoms with Crippen LogP contribution in [0.25, 0.3) is 5.57 Å². The number of carbonyl (C=O) groups excluding carboxylic acids is 2. The van der Waals surface area contributed by atoms with E-state index in [9.17, 15) is 9.59 Å². The number of hydrogen-bond acceptors (Lipinski definition) is 4. The number of likely N-dealkylation sites (tertiary alicyclic amines) is 1. The summed E-state index contributed by atoms with van der Waals surface area (Å²) in [5.74, 6) is 1.32. The molecule has 8 rings (SSSR count). The molecule has 0 N–H and O–H groups in total. The molecule has 0 bridgehead atoms. The Morgan fingerprint density at radius 2 is 1.90 bits per heavy atom. The van der Waals surface area contributed by atoms with Crippen molar-refractivity contribution < 1.29 is 14.0 Å². The zero-order chi connectivity index (χ0) is 26.3. The first kappa shape index (κ1) is 23.8. The van der Waals surface area contributed by atoms with E-state index in [0.717, 1.165) is 44.1 Å². The lowest BCUT2D eigenvalue weighted by molar-refractivity contribution is -0.139. The molecule has 8 heteroatoms. The van der Waals surface area contributed by atoms with Crippen LogP contribution in [0.2, 0.25) is 0 Å². The quantitative estimate of drug-likeness (QED) is 0.514. The van der Waals surface area contributed by atoms with Crippen molar-refractivity contribution >= 4 is 23.2 Å². The average Bonchev–Trinajstić information content (AvgIpc) is 3.81. The summed E-state index contributed by atoms with van der Waals surface area (Å²) >= 11 is 0. The monoisotopic (exact) mass is 529 g/mol. The second kappa shape index (κ2) is 8.73. The molecule has 1 spiro atoms. The largest absolute Gasteiger partial charge is 0.342 e. The number of hydrogen-bond donors (Lipinski definition) is 0. The fourth-order valence-corrected chi connectivity index (χ4v) is 6.97. The second-order valence-corrected chi connectivity index (χ2v) is 13.0. The van der Waals surface area contributed by atoms with Gasteiger partial charge in [-0.25, -0.2) is 4.39 Å². The van der Waals surface area contributed by atoms with Crippen LogP contribution in [0.5, 0.6) is 0 Å². The molecule has 2 aliphatic heterocycles. The molecule has 204 valence electrons. The van der Waals surface area contributed by atoms with Gasteiger partial charge in [0.15, 0.2) is 0 Å². The highest BCUT2D eigenvalue weighted by molar-refractivity contribution is 6.11. The average molecular weight is 530 g/mol. The van der Waals surface area contributed by atoms with Crippen LogP contribution >= 0.6 is 0 Å². The molecule has 4 fully saturated rings. The van der Waals surface area contributed by atoms with Crippen molar-refractivity contribution in [1.82, 2.24) is 19.6 Å². The fourth-order valence-electron chi connectivity index (χ4n) is 6.97. The van der Waals surface area contributed by atoms with E-state index in [1.807, 2.05) is 17.2 Å². The molecule has 3 saturated carbocycles. The molecule has 3 unspecified atom stereocenters. The molecule has 7 aliphatic rings. The minimum absolute atomic E-state index is 0.0530. The Kier molecular flexibility index (Phi) is 5.34. The number of nitrogens with zero attached hydrogens (tertiary/aromatic N) is 5. The SMILES string of the molecule is O=C(C1CC1)N1CC(CN2C(=O)C3(CC3)N=C2C2CCC(C3C=CC(c4cnn(C5CC5)c4)=CC3)C=C2F)C1. The molecule has 39 heavy (non-hydrogen) atoms. The number of halogens is 1. The lowest BCUT2D eigenvalue weighted by atomic mass is 9.76. The van der Waals surface area contributed by atoms with Gasteiger partial charge in [-0.2, -0.15) is 5.10 Å². The summed E-state index contributed by atoms with van der Waals surface area (Å²) in [6, 6.07) is 0.577. The summed E-state index contributed by atoms with van der Waals surface area (Å²) in [5.41, 5.74) is 1.74. The highest BCUT2D eigenvalue weighted by atomic mass is 19.1. The number of carbonyl (C=O) groups is 2. The van der Waals surface area contributed by atoms with Crippen LogP contribution in [0.1, 0.15) is 69.4 Å². The Morgan fingerprint density at radius 3 is 2.56 bits per heavy atom. The topological polar surface area (TPSA) is 70.8 Å². The van der Waals surface area contributed by atoms with Gasteiger partial charge in [0.2, 0.25) is 5.91 Å². The van der Waals surface area contributed by atoms with Crippen LogP contribution in [-0.4, -0.2) is 62.4 Å². The smallest absolute Gasteiger partial charge is 0.255 e. The number of amides is 2. The van der Waals surface area contributed by atoms with E-state index in [-0.39, 0.29) is 41.3 Å². The Hall–Kier alpha value is -3.03. The maximum absolute atomic E-state index is 15.7. The normalized spacial score (nSPS) is 31.8. The highest BCUT2D eigenvalue weighted by Gasteiger charge is 2.59. The van der Waals surface area contributed by atoms with E-state index >= 15 is 4.39 Å². The Morgan fingerprint density at radius 1 is 1.08 bits per heavy atom. The maximum Gasteiger partial charge on any atom is 0.255 e. The van der Waals surface area contributed by atoms with Gasteiger partial charge in [0, 0.05) is 43.2 Å². The first-order valence-electron chi connectivity index (χ1n) is 15.0. The molecule has 7 nitrogen and oxygen atoms in total. The lowest BCUT2D eigenvalue weighted by Crippen LogP contribution is -2.56. The molecule has 2 amide bonds. The van der Waals surface area contributed by atoms with Gasteiger partial charge in [-0.05, 0) is 81.3 Å². The minimum atomic E-state index is -0.625. The molecular weight excluding hydrogens is 493 g/mol. The number of rotatable bonds is 7. The molecule has 1 saturated heterocycles. The molecule has 0 aromatic carbocycles. The maximum atomic E-state index is 15.7. The third kappa shape index (κ3) is 4.21. The van der Waals surface area contributed by atoms with E-state index in [0.29, 0.717) is 37.9 Å². The van der Waals surface area contributed by atoms with E-state index in [2.05, 4.69) is 34.2 Å². The van der Waals surface area contributed by atoms with E-state index in [1.165, 1.54) is 18.4 Å². The van der Waals surface area contributed by atoms with Crippen LogP contribution < -0.4 is 0 Å². The zero-order valence-corrected chi connectivity index (χ0v) is 22.3. The van der Waals surface area contributed by atoms with Gasteiger partial charge >= 0.3 is 0 Å². The predicted octanol–water partition coefficient (Wildman–Crippen LogP) is 4.70. The van der Waals surface area contributed by atoms with Gasteiger partial charge in [-0.15, -0.1) is 0 Å². The van der Waals surface area contributed by atoms with Gasteiger partial charge in [0.1, 0.15) is 17.2 Å². The van der Waals surface area contributed by atoms with E-state index in [1.54, 1.807) is 4.90 Å². The lowest BCUT2D eigenvalue weighted by Gasteiger charge is -2.42. The Balaban J connectivity index is 0.927. The zero-order valence-electron chi connectivity index (χ0n) is 22.3. The molecular formula is C31H36FN5O2. The van der Waals surface area contributed by atoms with Gasteiger partial charge in [-0.1, -0.05) is 18.2 Å². The van der Waals surface area contributed by atoms with Gasteiger partial charge in [0.05, 0.1) is 18.2 Å². The molecule has 1 aromatic rings. The van der Waals surface area contributed by atoms with Crippen LogP contribution in [0.15, 0.2) is 47.5 Å². The van der Waals surface area contributed by atoms with Gasteiger partial charge < -0.3 is 4.90 Å². The highest BCUT2D eigenvalue weighted by Crippen LogP contribution is 2.49. The third-order valence-corrected chi connectivity index (χ3v) is 9.95. The van der Waals surface area contributed by atoms with Crippen LogP contribution in [0.4, 0.5) is 4.39 Å². The Labute approximate surface area is 228 Å². The van der Waals surface area contributed by atoms with Crippen molar-refractivity contribution in [3.8, 4) is 0 Å². The first-order valence-corrected chi connectivity index (χ1v) is 15.0. The third-order valence-electron chi connectivity index (χ3n) is 9.95. The Bertz CT molecular complexity index is 1340. The van der Waals surface area contributed by atoms with Crippen molar-refractivity contribution in [2.24, 2.45) is 34.6 Å². The molecule has 3 atom stereocenters. The van der Waals surface area contributed by atoms with Crippen molar-refractivity contribution in [2.75, 3.05) is 19.6 Å². The molecule has 0 radical (unpaired) electrons. The van der Waals surface area contributed by atoms with Crippen LogP contribution in [0, 0.1) is 29.6 Å². The van der Waals surface area contributed by atoms with Gasteiger partial charge in [0.25, 0.3) is 5.91 Å². The summed E-state index contributed by atoms with van der Waals surface area (Å²) in [4.78, 5) is 34.3. The van der Waals surface area contributed by atoms with Crippen molar-refractivity contribution in [2.45, 2.75) is 69.4 Å². The van der Waals surface area contributed by atoms with Crippen molar-refractivity contribution in [3.05, 3.63) is 48.1 Å². The van der Waals surface area contributed by atoms with Gasteiger partial charge in [-0.3, -0.25) is 24.2 Å².